The second-order valence-electron chi connectivity index (χ2n) is 9.67. The summed E-state index contributed by atoms with van der Waals surface area (Å²) in [6.07, 6.45) is 3.49. The van der Waals surface area contributed by atoms with Crippen LogP contribution >= 0.6 is 0 Å². The van der Waals surface area contributed by atoms with Gasteiger partial charge >= 0.3 is 6.09 Å². The summed E-state index contributed by atoms with van der Waals surface area (Å²) in [6.45, 7) is 6.10. The first kappa shape index (κ1) is 26.5. The van der Waals surface area contributed by atoms with Crippen LogP contribution in [0.3, 0.4) is 0 Å². The standard InChI is InChI=1S/C24H29N5O7S/c1-24(2,3)35-23(31)28-20-13-25-19(12-26-20)27-22(30)21(29-36-16-10-11-34-14-16)15-4-6-17(7-5-15)37(32,33)18-8-9-18/h4-7,12-13,16,18H,8-11,14H2,1-3H3,(H,25,27,30)(H,26,28,31)/b29-21+/t16-/m1/s1. The zero-order valence-electron chi connectivity index (χ0n) is 20.8. The minimum absolute atomic E-state index is 0.0694. The Morgan fingerprint density at radius 1 is 1.03 bits per heavy atom. The third kappa shape index (κ3) is 7.23. The minimum atomic E-state index is -3.37. The van der Waals surface area contributed by atoms with Crippen LogP contribution in [0.4, 0.5) is 16.4 Å². The summed E-state index contributed by atoms with van der Waals surface area (Å²) in [5.41, 5.74) is -0.379. The highest BCUT2D eigenvalue weighted by Crippen LogP contribution is 2.33. The van der Waals surface area contributed by atoms with Crippen molar-refractivity contribution < 1.29 is 32.3 Å². The van der Waals surface area contributed by atoms with Crippen LogP contribution in [-0.4, -0.2) is 66.3 Å². The van der Waals surface area contributed by atoms with Gasteiger partial charge in [-0.15, -0.1) is 0 Å². The predicted molar refractivity (Wildman–Crippen MR) is 134 cm³/mol. The normalized spacial score (nSPS) is 18.2. The van der Waals surface area contributed by atoms with E-state index < -0.39 is 27.4 Å². The number of anilines is 2. The Labute approximate surface area is 214 Å². The molecule has 2 heterocycles. The van der Waals surface area contributed by atoms with Gasteiger partial charge in [0.05, 0.1) is 35.8 Å². The fourth-order valence-corrected chi connectivity index (χ4v) is 5.02. The van der Waals surface area contributed by atoms with Crippen molar-refractivity contribution in [2.45, 2.75) is 61.9 Å². The maximum absolute atomic E-state index is 13.1. The van der Waals surface area contributed by atoms with Crippen molar-refractivity contribution in [1.82, 2.24) is 9.97 Å². The predicted octanol–water partition coefficient (Wildman–Crippen LogP) is 2.91. The summed E-state index contributed by atoms with van der Waals surface area (Å²) in [6, 6.07) is 5.95. The van der Waals surface area contributed by atoms with Gasteiger partial charge in [0.1, 0.15) is 5.60 Å². The lowest BCUT2D eigenvalue weighted by Gasteiger charge is -2.19. The highest BCUT2D eigenvalue weighted by atomic mass is 32.2. The van der Waals surface area contributed by atoms with E-state index in [2.05, 4.69) is 25.8 Å². The zero-order valence-corrected chi connectivity index (χ0v) is 21.6. The van der Waals surface area contributed by atoms with Gasteiger partial charge in [0.2, 0.25) is 0 Å². The number of carbonyl (C=O) groups excluding carboxylic acids is 2. The molecule has 13 heteroatoms. The highest BCUT2D eigenvalue weighted by Gasteiger charge is 2.36. The van der Waals surface area contributed by atoms with Crippen LogP contribution in [0.5, 0.6) is 0 Å². The molecule has 1 aromatic heterocycles. The first-order chi connectivity index (χ1) is 17.5. The van der Waals surface area contributed by atoms with E-state index in [4.69, 9.17) is 14.3 Å². The number of hydrogen-bond acceptors (Lipinski definition) is 10. The van der Waals surface area contributed by atoms with Crippen molar-refractivity contribution in [3.63, 3.8) is 0 Å². The Hall–Kier alpha value is -3.58. The number of hydrogen-bond donors (Lipinski definition) is 2. The lowest BCUT2D eigenvalue weighted by molar-refractivity contribution is -0.110. The molecule has 1 aliphatic carbocycles. The Balaban J connectivity index is 1.48. The Bertz CT molecular complexity index is 1260. The summed E-state index contributed by atoms with van der Waals surface area (Å²) in [5.74, 6) is -0.401. The van der Waals surface area contributed by atoms with E-state index in [0.717, 1.165) is 0 Å². The molecule has 0 bridgehead atoms. The quantitative estimate of drug-likeness (QED) is 0.386. The van der Waals surface area contributed by atoms with Crippen LogP contribution in [0, 0.1) is 0 Å². The second kappa shape index (κ2) is 10.8. The SMILES string of the molecule is CC(C)(C)OC(=O)Nc1cnc(NC(=O)/C(=N/O[C@@H]2CCOC2)c2ccc(S(=O)(=O)C3CC3)cc2)cn1. The number of carbonyl (C=O) groups is 2. The average molecular weight is 532 g/mol. The molecule has 37 heavy (non-hydrogen) atoms. The van der Waals surface area contributed by atoms with Crippen LogP contribution in [-0.2, 0) is 28.9 Å². The van der Waals surface area contributed by atoms with Gasteiger partial charge in [0.15, 0.2) is 33.3 Å². The first-order valence-electron chi connectivity index (χ1n) is 11.8. The summed E-state index contributed by atoms with van der Waals surface area (Å²) in [5, 5.41) is 8.76. The molecular formula is C24H29N5O7S. The number of aromatic nitrogens is 2. The van der Waals surface area contributed by atoms with Crippen LogP contribution in [0.1, 0.15) is 45.6 Å². The molecule has 1 aliphatic heterocycles. The lowest BCUT2D eigenvalue weighted by atomic mass is 10.1. The van der Waals surface area contributed by atoms with Gasteiger partial charge in [-0.05, 0) is 45.7 Å². The topological polar surface area (TPSA) is 158 Å². The molecule has 0 radical (unpaired) electrons. The van der Waals surface area contributed by atoms with E-state index in [1.54, 1.807) is 20.8 Å². The number of nitrogens with one attached hydrogen (secondary N) is 2. The summed E-state index contributed by atoms with van der Waals surface area (Å²) in [7, 11) is -3.37. The molecule has 2 aromatic rings. The summed E-state index contributed by atoms with van der Waals surface area (Å²) >= 11 is 0. The third-order valence-corrected chi connectivity index (χ3v) is 7.62. The van der Waals surface area contributed by atoms with Gasteiger partial charge < -0.3 is 19.6 Å². The van der Waals surface area contributed by atoms with Gasteiger partial charge in [0, 0.05) is 12.0 Å². The van der Waals surface area contributed by atoms with Crippen LogP contribution in [0.15, 0.2) is 46.7 Å². The van der Waals surface area contributed by atoms with Gasteiger partial charge in [-0.1, -0.05) is 17.3 Å². The van der Waals surface area contributed by atoms with Crippen molar-refractivity contribution in [3.8, 4) is 0 Å². The maximum atomic E-state index is 13.1. The number of nitrogens with zero attached hydrogens (tertiary/aromatic N) is 3. The van der Waals surface area contributed by atoms with Gasteiger partial charge in [0.25, 0.3) is 5.91 Å². The van der Waals surface area contributed by atoms with E-state index in [1.807, 2.05) is 0 Å². The number of oxime groups is 1. The zero-order chi connectivity index (χ0) is 26.6. The Morgan fingerprint density at radius 2 is 1.68 bits per heavy atom. The molecule has 12 nitrogen and oxygen atoms in total. The van der Waals surface area contributed by atoms with Crippen LogP contribution in [0.2, 0.25) is 0 Å². The molecule has 1 aromatic carbocycles. The largest absolute Gasteiger partial charge is 0.444 e. The molecule has 2 fully saturated rings. The second-order valence-corrected chi connectivity index (χ2v) is 11.9. The fourth-order valence-electron chi connectivity index (χ4n) is 3.36. The minimum Gasteiger partial charge on any atom is -0.444 e. The summed E-state index contributed by atoms with van der Waals surface area (Å²) < 4.78 is 35.5. The van der Waals surface area contributed by atoms with E-state index in [0.29, 0.717) is 38.0 Å². The van der Waals surface area contributed by atoms with E-state index in [1.165, 1.54) is 36.7 Å². The number of rotatable bonds is 8. The maximum Gasteiger partial charge on any atom is 0.413 e. The summed E-state index contributed by atoms with van der Waals surface area (Å²) in [4.78, 5) is 38.9. The molecule has 198 valence electrons. The molecule has 1 saturated heterocycles. The van der Waals surface area contributed by atoms with Crippen molar-refractivity contribution in [2.75, 3.05) is 23.8 Å². The fraction of sp³-hybridized carbons (Fsp3) is 0.458. The molecule has 0 spiro atoms. The first-order valence-corrected chi connectivity index (χ1v) is 13.4. The third-order valence-electron chi connectivity index (χ3n) is 5.34. The lowest BCUT2D eigenvalue weighted by Crippen LogP contribution is -2.28. The molecule has 2 amide bonds. The highest BCUT2D eigenvalue weighted by molar-refractivity contribution is 7.92. The number of sulfone groups is 1. The van der Waals surface area contributed by atoms with Crippen LogP contribution in [0.25, 0.3) is 0 Å². The van der Waals surface area contributed by atoms with Gasteiger partial charge in [-0.25, -0.2) is 23.2 Å². The molecule has 2 aliphatic rings. The van der Waals surface area contributed by atoms with E-state index in [9.17, 15) is 18.0 Å². The molecule has 2 N–H and O–H groups in total. The molecule has 0 unspecified atom stereocenters. The van der Waals surface area contributed by atoms with Gasteiger partial charge in [-0.2, -0.15) is 0 Å². The smallest absolute Gasteiger partial charge is 0.413 e. The van der Waals surface area contributed by atoms with E-state index in [-0.39, 0.29) is 33.6 Å². The van der Waals surface area contributed by atoms with Crippen molar-refractivity contribution in [2.24, 2.45) is 5.16 Å². The average Bonchev–Trinajstić information content (AvgIpc) is 3.57. The number of benzene rings is 1. The molecule has 1 atom stereocenters. The number of ether oxygens (including phenoxy) is 2. The Morgan fingerprint density at radius 3 is 2.22 bits per heavy atom. The number of amides is 2. The Kier molecular flexibility index (Phi) is 7.73. The monoisotopic (exact) mass is 531 g/mol. The van der Waals surface area contributed by atoms with Gasteiger partial charge in [-0.3, -0.25) is 10.1 Å². The van der Waals surface area contributed by atoms with Crippen molar-refractivity contribution in [3.05, 3.63) is 42.2 Å². The molecule has 1 saturated carbocycles. The van der Waals surface area contributed by atoms with Crippen molar-refractivity contribution >= 4 is 39.2 Å². The van der Waals surface area contributed by atoms with Crippen LogP contribution < -0.4 is 10.6 Å². The van der Waals surface area contributed by atoms with E-state index >= 15 is 0 Å². The molecular weight excluding hydrogens is 502 g/mol. The van der Waals surface area contributed by atoms with Crippen molar-refractivity contribution in [1.29, 1.82) is 0 Å². The molecule has 4 rings (SSSR count).